The molecular formula is C32H26Cl2N2O4. The second kappa shape index (κ2) is 14.1. The summed E-state index contributed by atoms with van der Waals surface area (Å²) < 4.78 is 17.5. The predicted molar refractivity (Wildman–Crippen MR) is 158 cm³/mol. The van der Waals surface area contributed by atoms with Crippen molar-refractivity contribution in [2.75, 3.05) is 11.9 Å². The van der Waals surface area contributed by atoms with E-state index in [0.29, 0.717) is 58.4 Å². The van der Waals surface area contributed by atoms with Crippen molar-refractivity contribution in [3.05, 3.63) is 123 Å². The minimum atomic E-state index is -0.564. The summed E-state index contributed by atoms with van der Waals surface area (Å²) in [5, 5.41) is 13.4. The molecule has 40 heavy (non-hydrogen) atoms. The molecule has 8 heteroatoms. The largest absolute Gasteiger partial charge is 0.490 e. The van der Waals surface area contributed by atoms with Crippen molar-refractivity contribution in [1.82, 2.24) is 0 Å². The third-order valence-corrected chi connectivity index (χ3v) is 6.35. The Morgan fingerprint density at radius 1 is 0.875 bits per heavy atom. The van der Waals surface area contributed by atoms with E-state index in [9.17, 15) is 10.1 Å². The van der Waals surface area contributed by atoms with Gasteiger partial charge in [-0.1, -0.05) is 71.7 Å². The van der Waals surface area contributed by atoms with Gasteiger partial charge in [0.25, 0.3) is 5.91 Å². The number of benzene rings is 4. The lowest BCUT2D eigenvalue weighted by molar-refractivity contribution is -0.112. The molecule has 4 aromatic carbocycles. The molecule has 0 saturated carbocycles. The summed E-state index contributed by atoms with van der Waals surface area (Å²) in [4.78, 5) is 12.9. The van der Waals surface area contributed by atoms with Crippen LogP contribution in [0.5, 0.6) is 17.2 Å². The molecule has 6 nitrogen and oxygen atoms in total. The molecule has 0 fully saturated rings. The number of nitriles is 1. The summed E-state index contributed by atoms with van der Waals surface area (Å²) in [6.45, 7) is 2.86. The maximum absolute atomic E-state index is 12.9. The van der Waals surface area contributed by atoms with Gasteiger partial charge in [-0.3, -0.25) is 4.79 Å². The smallest absolute Gasteiger partial charge is 0.266 e. The summed E-state index contributed by atoms with van der Waals surface area (Å²) in [7, 11) is 0. The molecule has 0 aliphatic rings. The highest BCUT2D eigenvalue weighted by atomic mass is 35.5. The fraction of sp³-hybridized carbons (Fsp3) is 0.125. The molecule has 0 unspecified atom stereocenters. The monoisotopic (exact) mass is 572 g/mol. The van der Waals surface area contributed by atoms with Crippen LogP contribution in [0, 0.1) is 11.3 Å². The van der Waals surface area contributed by atoms with Gasteiger partial charge >= 0.3 is 0 Å². The zero-order valence-corrected chi connectivity index (χ0v) is 23.2. The molecule has 0 radical (unpaired) electrons. The molecule has 4 aromatic rings. The van der Waals surface area contributed by atoms with Crippen LogP contribution >= 0.6 is 23.2 Å². The molecule has 0 heterocycles. The van der Waals surface area contributed by atoms with Crippen LogP contribution < -0.4 is 19.5 Å². The van der Waals surface area contributed by atoms with Gasteiger partial charge in [0.1, 0.15) is 30.6 Å². The topological polar surface area (TPSA) is 80.6 Å². The average molecular weight is 573 g/mol. The lowest BCUT2D eigenvalue weighted by atomic mass is 10.1. The van der Waals surface area contributed by atoms with Gasteiger partial charge in [-0.25, -0.2) is 0 Å². The fourth-order valence-electron chi connectivity index (χ4n) is 3.73. The van der Waals surface area contributed by atoms with Gasteiger partial charge in [0.15, 0.2) is 11.5 Å². The number of rotatable bonds is 11. The molecule has 0 bridgehead atoms. The van der Waals surface area contributed by atoms with Crippen LogP contribution in [-0.4, -0.2) is 12.5 Å². The molecule has 4 rings (SSSR count). The zero-order valence-electron chi connectivity index (χ0n) is 21.7. The van der Waals surface area contributed by atoms with Crippen LogP contribution in [0.4, 0.5) is 5.69 Å². The first-order chi connectivity index (χ1) is 19.5. The van der Waals surface area contributed by atoms with E-state index in [-0.39, 0.29) is 5.57 Å². The van der Waals surface area contributed by atoms with Crippen molar-refractivity contribution < 1.29 is 19.0 Å². The molecule has 1 amide bonds. The fourth-order valence-corrected chi connectivity index (χ4v) is 4.19. The summed E-state index contributed by atoms with van der Waals surface area (Å²) >= 11 is 12.7. The van der Waals surface area contributed by atoms with Gasteiger partial charge < -0.3 is 19.5 Å². The van der Waals surface area contributed by atoms with Crippen molar-refractivity contribution in [1.29, 1.82) is 5.26 Å². The van der Waals surface area contributed by atoms with Gasteiger partial charge in [-0.05, 0) is 66.6 Å². The predicted octanol–water partition coefficient (Wildman–Crippen LogP) is 8.10. The van der Waals surface area contributed by atoms with Gasteiger partial charge in [-0.2, -0.15) is 5.26 Å². The van der Waals surface area contributed by atoms with Crippen LogP contribution in [0.1, 0.15) is 23.6 Å². The third kappa shape index (κ3) is 7.79. The Kier molecular flexibility index (Phi) is 10.1. The normalized spacial score (nSPS) is 10.9. The van der Waals surface area contributed by atoms with E-state index in [1.54, 1.807) is 42.5 Å². The van der Waals surface area contributed by atoms with E-state index in [1.807, 2.05) is 61.5 Å². The Hall–Kier alpha value is -4.44. The minimum Gasteiger partial charge on any atom is -0.490 e. The van der Waals surface area contributed by atoms with Crippen molar-refractivity contribution in [3.8, 4) is 23.3 Å². The van der Waals surface area contributed by atoms with Gasteiger partial charge in [0, 0.05) is 16.3 Å². The van der Waals surface area contributed by atoms with E-state index in [0.717, 1.165) is 11.1 Å². The van der Waals surface area contributed by atoms with Crippen LogP contribution in [0.25, 0.3) is 6.08 Å². The molecule has 0 aliphatic heterocycles. The number of ether oxygens (including phenoxy) is 3. The number of nitrogens with one attached hydrogen (secondary N) is 1. The quantitative estimate of drug-likeness (QED) is 0.145. The number of halogens is 2. The lowest BCUT2D eigenvalue weighted by Crippen LogP contribution is -2.13. The van der Waals surface area contributed by atoms with Crippen LogP contribution in [0.15, 0.2) is 96.6 Å². The van der Waals surface area contributed by atoms with Gasteiger partial charge in [0.05, 0.1) is 11.6 Å². The first-order valence-electron chi connectivity index (χ1n) is 12.5. The van der Waals surface area contributed by atoms with Crippen molar-refractivity contribution >= 4 is 40.9 Å². The standard InChI is InChI=1S/C32H26Cl2N2O4/c1-2-38-30-18-23(17-29(34)31(30)40-20-22-8-4-3-5-9-22)16-25(19-35)32(37)36-26-12-14-27(15-13-26)39-21-24-10-6-7-11-28(24)33/h3-18H,2,20-21H2,1H3,(H,36,37)/b25-16+. The van der Waals surface area contributed by atoms with E-state index in [1.165, 1.54) is 6.08 Å². The molecule has 1 N–H and O–H groups in total. The number of anilines is 1. The van der Waals surface area contributed by atoms with E-state index >= 15 is 0 Å². The molecule has 0 spiro atoms. The highest BCUT2D eigenvalue weighted by Gasteiger charge is 2.15. The number of carbonyl (C=O) groups is 1. The number of hydrogen-bond donors (Lipinski definition) is 1. The first kappa shape index (κ1) is 28.6. The molecule has 0 aliphatic carbocycles. The average Bonchev–Trinajstić information content (AvgIpc) is 2.96. The molecule has 0 aromatic heterocycles. The number of hydrogen-bond acceptors (Lipinski definition) is 5. The summed E-state index contributed by atoms with van der Waals surface area (Å²) in [5.74, 6) is 0.860. The number of amides is 1. The second-order valence-corrected chi connectivity index (χ2v) is 9.38. The first-order valence-corrected chi connectivity index (χ1v) is 13.2. The minimum absolute atomic E-state index is 0.101. The SMILES string of the molecule is CCOc1cc(/C=C(\C#N)C(=O)Nc2ccc(OCc3ccccc3Cl)cc2)cc(Cl)c1OCc1ccccc1. The van der Waals surface area contributed by atoms with Gasteiger partial charge in [-0.15, -0.1) is 0 Å². The van der Waals surface area contributed by atoms with Gasteiger partial charge in [0.2, 0.25) is 0 Å². The van der Waals surface area contributed by atoms with Crippen molar-refractivity contribution in [2.45, 2.75) is 20.1 Å². The van der Waals surface area contributed by atoms with Crippen LogP contribution in [0.2, 0.25) is 10.0 Å². The Labute approximate surface area is 243 Å². The maximum atomic E-state index is 12.9. The Bertz CT molecular complexity index is 1530. The highest BCUT2D eigenvalue weighted by molar-refractivity contribution is 6.32. The maximum Gasteiger partial charge on any atom is 0.266 e. The Morgan fingerprint density at radius 2 is 1.60 bits per heavy atom. The third-order valence-electron chi connectivity index (χ3n) is 5.70. The summed E-state index contributed by atoms with van der Waals surface area (Å²) in [5.41, 5.74) is 2.78. The van der Waals surface area contributed by atoms with Crippen molar-refractivity contribution in [2.24, 2.45) is 0 Å². The van der Waals surface area contributed by atoms with E-state index in [2.05, 4.69) is 5.32 Å². The Balaban J connectivity index is 1.44. The summed E-state index contributed by atoms with van der Waals surface area (Å²) in [6.07, 6.45) is 1.45. The second-order valence-electron chi connectivity index (χ2n) is 8.57. The molecule has 202 valence electrons. The van der Waals surface area contributed by atoms with Crippen molar-refractivity contribution in [3.63, 3.8) is 0 Å². The van der Waals surface area contributed by atoms with E-state index < -0.39 is 5.91 Å². The number of nitrogens with zero attached hydrogens (tertiary/aromatic N) is 1. The van der Waals surface area contributed by atoms with Crippen LogP contribution in [0.3, 0.4) is 0 Å². The number of carbonyl (C=O) groups excluding carboxylic acids is 1. The van der Waals surface area contributed by atoms with E-state index in [4.69, 9.17) is 37.4 Å². The zero-order chi connectivity index (χ0) is 28.3. The summed E-state index contributed by atoms with van der Waals surface area (Å²) in [6, 6.07) is 29.2. The molecular weight excluding hydrogens is 547 g/mol. The Morgan fingerprint density at radius 3 is 2.30 bits per heavy atom. The lowest BCUT2D eigenvalue weighted by Gasteiger charge is -2.15. The highest BCUT2D eigenvalue weighted by Crippen LogP contribution is 2.38. The molecule has 0 atom stereocenters. The molecule has 0 saturated heterocycles. The van der Waals surface area contributed by atoms with Crippen LogP contribution in [-0.2, 0) is 18.0 Å².